The third kappa shape index (κ3) is 4.20. The lowest BCUT2D eigenvalue weighted by atomic mass is 10.2. The van der Waals surface area contributed by atoms with Gasteiger partial charge in [0.15, 0.2) is 0 Å². The van der Waals surface area contributed by atoms with E-state index >= 15 is 0 Å². The number of hydrogen-bond donors (Lipinski definition) is 1. The number of nitrogens with one attached hydrogen (secondary N) is 1. The lowest BCUT2D eigenvalue weighted by Crippen LogP contribution is -2.14. The molecule has 8 nitrogen and oxygen atoms in total. The number of rotatable bonds is 6. The van der Waals surface area contributed by atoms with Crippen molar-refractivity contribution in [2.24, 2.45) is 0 Å². The molecule has 1 fully saturated rings. The van der Waals surface area contributed by atoms with E-state index in [9.17, 15) is 4.79 Å². The number of nitrogens with zero attached hydrogens (tertiary/aromatic N) is 5. The van der Waals surface area contributed by atoms with E-state index in [1.165, 1.54) is 18.4 Å². The van der Waals surface area contributed by atoms with E-state index in [-0.39, 0.29) is 6.61 Å². The first-order valence-corrected chi connectivity index (χ1v) is 11.5. The maximum absolute atomic E-state index is 12.3. The summed E-state index contributed by atoms with van der Waals surface area (Å²) in [5.74, 6) is 1.09. The van der Waals surface area contributed by atoms with E-state index in [0.717, 1.165) is 27.8 Å². The molecule has 5 aromatic rings. The van der Waals surface area contributed by atoms with Gasteiger partial charge in [-0.3, -0.25) is 10.00 Å². The van der Waals surface area contributed by atoms with Crippen LogP contribution in [0.1, 0.15) is 35.6 Å². The maximum Gasteiger partial charge on any atom is 0.413 e. The van der Waals surface area contributed by atoms with Crippen LogP contribution in [0.2, 0.25) is 5.02 Å². The quantitative estimate of drug-likeness (QED) is 0.357. The Kier molecular flexibility index (Phi) is 5.15. The third-order valence-electron chi connectivity index (χ3n) is 5.94. The summed E-state index contributed by atoms with van der Waals surface area (Å²) in [6.45, 7) is 0.616. The van der Waals surface area contributed by atoms with Gasteiger partial charge in [-0.25, -0.2) is 14.8 Å². The maximum atomic E-state index is 12.3. The fraction of sp³-hybridized carbons (Fsp3) is 0.200. The van der Waals surface area contributed by atoms with Crippen LogP contribution in [0.25, 0.3) is 16.6 Å². The monoisotopic (exact) mass is 472 g/mol. The van der Waals surface area contributed by atoms with Crippen LogP contribution in [-0.4, -0.2) is 30.2 Å². The zero-order chi connectivity index (χ0) is 23.1. The number of hydrogen-bond acceptors (Lipinski definition) is 5. The number of ether oxygens (including phenoxy) is 1. The van der Waals surface area contributed by atoms with E-state index < -0.39 is 6.09 Å². The molecule has 1 aromatic carbocycles. The molecule has 1 saturated carbocycles. The van der Waals surface area contributed by atoms with E-state index in [4.69, 9.17) is 21.3 Å². The number of carbonyl (C=O) groups is 1. The molecule has 9 heteroatoms. The van der Waals surface area contributed by atoms with Crippen LogP contribution in [0.5, 0.6) is 0 Å². The van der Waals surface area contributed by atoms with Crippen molar-refractivity contribution >= 4 is 40.1 Å². The third-order valence-corrected chi connectivity index (χ3v) is 6.17. The van der Waals surface area contributed by atoms with Gasteiger partial charge in [0.2, 0.25) is 0 Å². The zero-order valence-electron chi connectivity index (χ0n) is 18.2. The Bertz CT molecular complexity index is 1520. The second-order valence-corrected chi connectivity index (χ2v) is 8.90. The molecule has 1 aliphatic carbocycles. The number of pyridine rings is 2. The van der Waals surface area contributed by atoms with Crippen molar-refractivity contribution in [3.63, 3.8) is 0 Å². The molecule has 0 atom stereocenters. The molecule has 170 valence electrons. The lowest BCUT2D eigenvalue weighted by molar-refractivity contribution is 0.155. The van der Waals surface area contributed by atoms with Gasteiger partial charge in [0.25, 0.3) is 0 Å². The first-order valence-electron chi connectivity index (χ1n) is 11.1. The average Bonchev–Trinajstić information content (AvgIpc) is 3.49. The van der Waals surface area contributed by atoms with Crippen LogP contribution < -0.4 is 5.32 Å². The largest absolute Gasteiger partial charge is 0.444 e. The van der Waals surface area contributed by atoms with Crippen LogP contribution in [0.3, 0.4) is 0 Å². The summed E-state index contributed by atoms with van der Waals surface area (Å²) in [6.07, 6.45) is 9.48. The van der Waals surface area contributed by atoms with Gasteiger partial charge in [0.1, 0.15) is 18.1 Å². The van der Waals surface area contributed by atoms with Gasteiger partial charge >= 0.3 is 6.09 Å². The Hall–Kier alpha value is -3.91. The van der Waals surface area contributed by atoms with Gasteiger partial charge in [-0.2, -0.15) is 5.10 Å². The Morgan fingerprint density at radius 1 is 1.18 bits per heavy atom. The second-order valence-electron chi connectivity index (χ2n) is 8.46. The van der Waals surface area contributed by atoms with Crippen LogP contribution in [0.4, 0.5) is 10.6 Å². The molecule has 0 aliphatic heterocycles. The summed E-state index contributed by atoms with van der Waals surface area (Å²) in [5, 5.41) is 8.54. The number of benzene rings is 1. The highest BCUT2D eigenvalue weighted by Gasteiger charge is 2.23. The number of halogens is 1. The predicted octanol–water partition coefficient (Wildman–Crippen LogP) is 5.41. The molecule has 1 aliphatic rings. The average molecular weight is 473 g/mol. The Morgan fingerprint density at radius 2 is 2.09 bits per heavy atom. The highest BCUT2D eigenvalue weighted by Crippen LogP contribution is 2.39. The normalized spacial score (nSPS) is 13.4. The molecular formula is C25H21ClN6O2. The SMILES string of the molecule is O=C(Nc1nccc2c1cnn2Cc1cn2cc(C3CC3)ccc2n1)OCc1cccc(Cl)c1. The minimum atomic E-state index is -0.598. The zero-order valence-corrected chi connectivity index (χ0v) is 18.9. The molecule has 34 heavy (non-hydrogen) atoms. The number of imidazole rings is 1. The first kappa shape index (κ1) is 20.7. The van der Waals surface area contributed by atoms with Crippen molar-refractivity contribution in [3.05, 3.63) is 89.1 Å². The van der Waals surface area contributed by atoms with Crippen molar-refractivity contribution in [3.8, 4) is 0 Å². The van der Waals surface area contributed by atoms with Crippen LogP contribution in [0, 0.1) is 0 Å². The van der Waals surface area contributed by atoms with Crippen LogP contribution in [0.15, 0.2) is 67.3 Å². The standard InChI is InChI=1S/C25H21ClN6O2/c26-19-3-1-2-16(10-19)15-34-25(33)30-24-21-11-28-32(22(21)8-9-27-24)14-20-13-31-12-18(17-4-5-17)6-7-23(31)29-20/h1-3,6-13,17H,4-5,14-15H2,(H,27,30,33). The van der Waals surface area contributed by atoms with Crippen molar-refractivity contribution in [1.82, 2.24) is 24.1 Å². The smallest absolute Gasteiger partial charge is 0.413 e. The number of aromatic nitrogens is 5. The van der Waals surface area contributed by atoms with E-state index in [0.29, 0.717) is 23.3 Å². The summed E-state index contributed by atoms with van der Waals surface area (Å²) in [4.78, 5) is 21.4. The molecule has 1 amide bonds. The van der Waals surface area contributed by atoms with Crippen molar-refractivity contribution in [1.29, 1.82) is 0 Å². The summed E-state index contributed by atoms with van der Waals surface area (Å²) >= 11 is 5.98. The minimum Gasteiger partial charge on any atom is -0.444 e. The fourth-order valence-electron chi connectivity index (χ4n) is 4.09. The van der Waals surface area contributed by atoms with Crippen LogP contribution >= 0.6 is 11.6 Å². The molecular weight excluding hydrogens is 452 g/mol. The molecule has 0 radical (unpaired) electrons. The van der Waals surface area contributed by atoms with Gasteiger partial charge in [0.05, 0.1) is 29.3 Å². The highest BCUT2D eigenvalue weighted by atomic mass is 35.5. The summed E-state index contributed by atoms with van der Waals surface area (Å²) in [7, 11) is 0. The molecule has 0 spiro atoms. The van der Waals surface area contributed by atoms with Gasteiger partial charge in [0, 0.05) is 23.6 Å². The molecule has 0 bridgehead atoms. The summed E-state index contributed by atoms with van der Waals surface area (Å²) in [5.41, 5.74) is 4.84. The Balaban J connectivity index is 1.18. The predicted molar refractivity (Wildman–Crippen MR) is 129 cm³/mol. The molecule has 4 aromatic heterocycles. The van der Waals surface area contributed by atoms with Crippen molar-refractivity contribution in [2.75, 3.05) is 5.32 Å². The Labute approximate surface area is 200 Å². The number of anilines is 1. The van der Waals surface area contributed by atoms with Gasteiger partial charge in [-0.05, 0) is 54.2 Å². The molecule has 0 saturated heterocycles. The lowest BCUT2D eigenvalue weighted by Gasteiger charge is -2.08. The molecule has 0 unspecified atom stereocenters. The molecule has 4 heterocycles. The first-order chi connectivity index (χ1) is 16.6. The summed E-state index contributed by atoms with van der Waals surface area (Å²) < 4.78 is 9.25. The summed E-state index contributed by atoms with van der Waals surface area (Å²) in [6, 6.07) is 13.3. The van der Waals surface area contributed by atoms with Crippen molar-refractivity contribution in [2.45, 2.75) is 31.9 Å². The number of carbonyl (C=O) groups excluding carboxylic acids is 1. The van der Waals surface area contributed by atoms with Gasteiger partial charge < -0.3 is 9.14 Å². The number of amides is 1. The molecule has 6 rings (SSSR count). The van der Waals surface area contributed by atoms with Gasteiger partial charge in [-0.1, -0.05) is 29.8 Å². The van der Waals surface area contributed by atoms with E-state index in [2.05, 4.69) is 38.1 Å². The fourth-order valence-corrected chi connectivity index (χ4v) is 4.30. The van der Waals surface area contributed by atoms with Crippen molar-refractivity contribution < 1.29 is 9.53 Å². The topological polar surface area (TPSA) is 86.3 Å². The van der Waals surface area contributed by atoms with E-state index in [1.54, 1.807) is 24.5 Å². The van der Waals surface area contributed by atoms with Gasteiger partial charge in [-0.15, -0.1) is 0 Å². The minimum absolute atomic E-state index is 0.109. The Morgan fingerprint density at radius 3 is 2.94 bits per heavy atom. The number of fused-ring (bicyclic) bond motifs is 2. The van der Waals surface area contributed by atoms with E-state index in [1.807, 2.05) is 29.1 Å². The highest BCUT2D eigenvalue weighted by molar-refractivity contribution is 6.30. The molecule has 1 N–H and O–H groups in total. The second kappa shape index (κ2) is 8.46. The van der Waals surface area contributed by atoms with Crippen LogP contribution in [-0.2, 0) is 17.9 Å².